The molecule has 0 radical (unpaired) electrons. The largest absolute Gasteiger partial charge is 0.459 e. The van der Waals surface area contributed by atoms with Crippen LogP contribution in [0.4, 0.5) is 0 Å². The monoisotopic (exact) mass is 342 g/mol. The van der Waals surface area contributed by atoms with Crippen LogP contribution < -0.4 is 0 Å². The van der Waals surface area contributed by atoms with Crippen LogP contribution >= 0.6 is 23.1 Å². The van der Waals surface area contributed by atoms with Crippen molar-refractivity contribution < 1.29 is 8.83 Å². The summed E-state index contributed by atoms with van der Waals surface area (Å²) >= 11 is 3.01. The van der Waals surface area contributed by atoms with Crippen molar-refractivity contribution in [2.24, 2.45) is 0 Å². The predicted molar refractivity (Wildman–Crippen MR) is 86.9 cm³/mol. The number of hydrogen-bond donors (Lipinski definition) is 0. The maximum atomic E-state index is 5.55. The fraction of sp³-hybridized carbons (Fsp3) is 0.0667. The van der Waals surface area contributed by atoms with Crippen molar-refractivity contribution in [2.75, 3.05) is 0 Å². The summed E-state index contributed by atoms with van der Waals surface area (Å²) in [7, 11) is 0. The van der Waals surface area contributed by atoms with Gasteiger partial charge in [0.05, 0.1) is 17.7 Å². The molecule has 8 heteroatoms. The highest BCUT2D eigenvalue weighted by Gasteiger charge is 2.12. The number of nitrogens with zero attached hydrogens (tertiary/aromatic N) is 4. The maximum Gasteiger partial charge on any atom is 0.284 e. The molecule has 23 heavy (non-hydrogen) atoms. The normalized spacial score (nSPS) is 11.0. The molecule has 0 spiro atoms. The van der Waals surface area contributed by atoms with Crippen LogP contribution in [0.5, 0.6) is 0 Å². The second-order valence-electron chi connectivity index (χ2n) is 4.50. The maximum absolute atomic E-state index is 5.55. The first kappa shape index (κ1) is 14.2. The summed E-state index contributed by atoms with van der Waals surface area (Å²) in [6.45, 7) is 0. The second-order valence-corrected chi connectivity index (χ2v) is 6.28. The topological polar surface area (TPSA) is 77.8 Å². The summed E-state index contributed by atoms with van der Waals surface area (Å²) < 4.78 is 10.8. The first-order chi connectivity index (χ1) is 11.4. The summed E-state index contributed by atoms with van der Waals surface area (Å²) in [4.78, 5) is 8.88. The molecule has 0 saturated carbocycles. The van der Waals surface area contributed by atoms with Crippen LogP contribution in [0.15, 0.2) is 62.2 Å². The van der Waals surface area contributed by atoms with Gasteiger partial charge < -0.3 is 8.83 Å². The number of rotatable bonds is 5. The standard InChI is InChI=1S/C15H10N4O2S2/c1-2-6-16-11(4-1)14-17-10(8-22-14)9-23-15-19-18-13(21-15)12-5-3-7-20-12/h1-8H,9H2. The lowest BCUT2D eigenvalue weighted by atomic mass is 10.4. The van der Waals surface area contributed by atoms with Crippen LogP contribution in [0.2, 0.25) is 0 Å². The minimum absolute atomic E-state index is 0.380. The summed E-state index contributed by atoms with van der Waals surface area (Å²) in [6, 6.07) is 9.35. The van der Waals surface area contributed by atoms with Crippen LogP contribution in [0.3, 0.4) is 0 Å². The highest BCUT2D eigenvalue weighted by Crippen LogP contribution is 2.28. The molecule has 0 fully saturated rings. The Morgan fingerprint density at radius 1 is 1.13 bits per heavy atom. The number of hydrogen-bond acceptors (Lipinski definition) is 8. The quantitative estimate of drug-likeness (QED) is 0.504. The molecule has 4 rings (SSSR count). The van der Waals surface area contributed by atoms with Crippen molar-refractivity contribution in [1.82, 2.24) is 20.2 Å². The zero-order valence-corrected chi connectivity index (χ0v) is 13.4. The van der Waals surface area contributed by atoms with E-state index in [1.54, 1.807) is 35.9 Å². The van der Waals surface area contributed by atoms with E-state index >= 15 is 0 Å². The molecule has 0 amide bonds. The van der Waals surface area contributed by atoms with Crippen molar-refractivity contribution in [3.63, 3.8) is 0 Å². The molecule has 4 aromatic heterocycles. The van der Waals surface area contributed by atoms with Crippen LogP contribution in [0.25, 0.3) is 22.4 Å². The molecular weight excluding hydrogens is 332 g/mol. The Morgan fingerprint density at radius 3 is 2.96 bits per heavy atom. The molecule has 4 heterocycles. The summed E-state index contributed by atoms with van der Waals surface area (Å²) in [5, 5.41) is 11.4. The van der Waals surface area contributed by atoms with Gasteiger partial charge in [0.2, 0.25) is 0 Å². The van der Waals surface area contributed by atoms with Gasteiger partial charge in [-0.15, -0.1) is 21.5 Å². The lowest BCUT2D eigenvalue weighted by Gasteiger charge is -1.94. The third kappa shape index (κ3) is 3.17. The van der Waals surface area contributed by atoms with E-state index in [1.165, 1.54) is 11.8 Å². The molecule has 0 N–H and O–H groups in total. The number of aromatic nitrogens is 4. The molecule has 114 valence electrons. The molecule has 0 unspecified atom stereocenters. The Bertz CT molecular complexity index is 887. The van der Waals surface area contributed by atoms with E-state index in [1.807, 2.05) is 23.6 Å². The van der Waals surface area contributed by atoms with E-state index in [0.717, 1.165) is 16.4 Å². The smallest absolute Gasteiger partial charge is 0.284 e. The zero-order chi connectivity index (χ0) is 15.5. The Labute approximate surface area is 139 Å². The summed E-state index contributed by atoms with van der Waals surface area (Å²) in [6.07, 6.45) is 3.33. The van der Waals surface area contributed by atoms with Gasteiger partial charge in [0.25, 0.3) is 11.1 Å². The van der Waals surface area contributed by atoms with E-state index in [-0.39, 0.29) is 0 Å². The summed E-state index contributed by atoms with van der Waals surface area (Å²) in [5.74, 6) is 1.60. The van der Waals surface area contributed by atoms with E-state index in [9.17, 15) is 0 Å². The van der Waals surface area contributed by atoms with Gasteiger partial charge in [-0.2, -0.15) is 0 Å². The molecule has 0 aromatic carbocycles. The van der Waals surface area contributed by atoms with Crippen molar-refractivity contribution in [3.05, 3.63) is 53.9 Å². The van der Waals surface area contributed by atoms with Crippen LogP contribution in [0.1, 0.15) is 5.69 Å². The average Bonchev–Trinajstić information content (AvgIpc) is 3.33. The van der Waals surface area contributed by atoms with E-state index in [0.29, 0.717) is 22.6 Å². The van der Waals surface area contributed by atoms with Gasteiger partial charge in [-0.05, 0) is 24.3 Å². The fourth-order valence-corrected chi connectivity index (χ4v) is 3.44. The van der Waals surface area contributed by atoms with Crippen LogP contribution in [-0.4, -0.2) is 20.2 Å². The Hall–Kier alpha value is -2.45. The molecule has 0 bridgehead atoms. The Balaban J connectivity index is 1.43. The molecule has 0 atom stereocenters. The molecule has 0 aliphatic heterocycles. The van der Waals surface area contributed by atoms with Gasteiger partial charge in [-0.3, -0.25) is 4.98 Å². The van der Waals surface area contributed by atoms with Gasteiger partial charge >= 0.3 is 0 Å². The number of pyridine rings is 1. The van der Waals surface area contributed by atoms with E-state index < -0.39 is 0 Å². The van der Waals surface area contributed by atoms with Crippen molar-refractivity contribution in [1.29, 1.82) is 0 Å². The van der Waals surface area contributed by atoms with E-state index in [4.69, 9.17) is 8.83 Å². The summed E-state index contributed by atoms with van der Waals surface area (Å²) in [5.41, 5.74) is 1.84. The van der Waals surface area contributed by atoms with E-state index in [2.05, 4.69) is 20.2 Å². The molecule has 4 aromatic rings. The van der Waals surface area contributed by atoms with Gasteiger partial charge in [0.15, 0.2) is 5.76 Å². The zero-order valence-electron chi connectivity index (χ0n) is 11.7. The lowest BCUT2D eigenvalue weighted by Crippen LogP contribution is -1.84. The fourth-order valence-electron chi connectivity index (χ4n) is 1.88. The first-order valence-electron chi connectivity index (χ1n) is 6.74. The highest BCUT2D eigenvalue weighted by molar-refractivity contribution is 7.98. The Morgan fingerprint density at radius 2 is 2.13 bits per heavy atom. The van der Waals surface area contributed by atoms with Gasteiger partial charge in [0.1, 0.15) is 5.01 Å². The average molecular weight is 342 g/mol. The van der Waals surface area contributed by atoms with Crippen LogP contribution in [0, 0.1) is 0 Å². The van der Waals surface area contributed by atoms with Gasteiger partial charge in [-0.25, -0.2) is 4.98 Å². The third-order valence-electron chi connectivity index (χ3n) is 2.92. The van der Waals surface area contributed by atoms with Crippen molar-refractivity contribution >= 4 is 23.1 Å². The molecule has 6 nitrogen and oxygen atoms in total. The predicted octanol–water partition coefficient (Wildman–Crippen LogP) is 4.14. The molecule has 0 aliphatic carbocycles. The van der Waals surface area contributed by atoms with Crippen molar-refractivity contribution in [2.45, 2.75) is 11.0 Å². The Kier molecular flexibility index (Phi) is 3.91. The number of thioether (sulfide) groups is 1. The number of thiazole rings is 1. The van der Waals surface area contributed by atoms with Crippen molar-refractivity contribution in [3.8, 4) is 22.4 Å². The number of furan rings is 1. The van der Waals surface area contributed by atoms with Gasteiger partial charge in [0, 0.05) is 17.3 Å². The minimum atomic E-state index is 0.380. The van der Waals surface area contributed by atoms with Crippen LogP contribution in [-0.2, 0) is 5.75 Å². The second kappa shape index (κ2) is 6.35. The lowest BCUT2D eigenvalue weighted by molar-refractivity contribution is 0.447. The molecular formula is C15H10N4O2S2. The molecule has 0 saturated heterocycles. The minimum Gasteiger partial charge on any atom is -0.459 e. The SMILES string of the molecule is c1ccc(-c2nc(CSc3nnc(-c4ccco4)o3)cs2)nc1. The molecule has 0 aliphatic rings. The first-order valence-corrected chi connectivity index (χ1v) is 8.61. The third-order valence-corrected chi connectivity index (χ3v) is 4.68. The highest BCUT2D eigenvalue weighted by atomic mass is 32.2. The van der Waals surface area contributed by atoms with Gasteiger partial charge in [-0.1, -0.05) is 17.8 Å².